The molecule has 1 aromatic rings. The monoisotopic (exact) mass is 275 g/mol. The van der Waals surface area contributed by atoms with Gasteiger partial charge in [-0.05, 0) is 13.0 Å². The third kappa shape index (κ3) is 2.16. The number of halogens is 3. The third-order valence-electron chi connectivity index (χ3n) is 3.21. The minimum atomic E-state index is -4.64. The first kappa shape index (κ1) is 13.7. The maximum absolute atomic E-state index is 13.2. The Morgan fingerprint density at radius 3 is 2.63 bits per heavy atom. The van der Waals surface area contributed by atoms with Crippen molar-refractivity contribution in [3.8, 4) is 5.88 Å². The summed E-state index contributed by atoms with van der Waals surface area (Å²) in [5.41, 5.74) is -2.83. The van der Waals surface area contributed by atoms with E-state index in [1.807, 2.05) is 0 Å². The quantitative estimate of drug-likeness (QED) is 0.840. The maximum atomic E-state index is 13.2. The Kier molecular flexibility index (Phi) is 3.44. The average Bonchev–Trinajstić information content (AvgIpc) is 2.88. The summed E-state index contributed by atoms with van der Waals surface area (Å²) in [7, 11) is 1.23. The summed E-state index contributed by atoms with van der Waals surface area (Å²) >= 11 is 0. The van der Waals surface area contributed by atoms with Crippen molar-refractivity contribution < 1.29 is 22.7 Å². The van der Waals surface area contributed by atoms with Crippen molar-refractivity contribution in [3.63, 3.8) is 0 Å². The summed E-state index contributed by atoms with van der Waals surface area (Å²) in [4.78, 5) is 19.7. The Morgan fingerprint density at radius 2 is 2.11 bits per heavy atom. The molecule has 1 saturated heterocycles. The van der Waals surface area contributed by atoms with Gasteiger partial charge >= 0.3 is 6.18 Å². The minimum absolute atomic E-state index is 0.133. The van der Waals surface area contributed by atoms with Crippen LogP contribution in [-0.4, -0.2) is 42.1 Å². The highest BCUT2D eigenvalue weighted by atomic mass is 19.4. The van der Waals surface area contributed by atoms with Gasteiger partial charge in [0, 0.05) is 18.9 Å². The van der Waals surface area contributed by atoms with Crippen LogP contribution in [0.1, 0.15) is 16.9 Å². The first-order valence-corrected chi connectivity index (χ1v) is 5.59. The number of carbonyl (C=O) groups is 1. The number of Topliss-reactive ketones (excluding diaryl/α,β-unsaturated/α-hetero) is 1. The van der Waals surface area contributed by atoms with Crippen LogP contribution in [0.3, 0.4) is 0 Å². The Balaban J connectivity index is 2.47. The third-order valence-corrected chi connectivity index (χ3v) is 3.21. The molecular formula is C11H12F3N3O2. The van der Waals surface area contributed by atoms with Crippen LogP contribution in [0.2, 0.25) is 0 Å². The first-order chi connectivity index (χ1) is 8.92. The molecule has 0 bridgehead atoms. The lowest BCUT2D eigenvalue weighted by Crippen LogP contribution is -2.47. The Bertz CT molecular complexity index is 484. The summed E-state index contributed by atoms with van der Waals surface area (Å²) in [6.07, 6.45) is -2.53. The second-order valence-electron chi connectivity index (χ2n) is 4.25. The van der Waals surface area contributed by atoms with Gasteiger partial charge in [-0.15, -0.1) is 0 Å². The van der Waals surface area contributed by atoms with Gasteiger partial charge in [-0.1, -0.05) is 0 Å². The molecule has 0 aliphatic carbocycles. The number of nitrogens with zero attached hydrogens (tertiary/aromatic N) is 2. The minimum Gasteiger partial charge on any atom is -0.479 e. The second kappa shape index (κ2) is 4.76. The van der Waals surface area contributed by atoms with Crippen LogP contribution in [-0.2, 0) is 0 Å². The van der Waals surface area contributed by atoms with Crippen LogP contribution in [0.15, 0.2) is 12.4 Å². The maximum Gasteiger partial charge on any atom is 0.403 e. The summed E-state index contributed by atoms with van der Waals surface area (Å²) < 4.78 is 44.5. The Morgan fingerprint density at radius 1 is 1.42 bits per heavy atom. The lowest BCUT2D eigenvalue weighted by atomic mass is 9.80. The van der Waals surface area contributed by atoms with E-state index in [2.05, 4.69) is 15.3 Å². The van der Waals surface area contributed by atoms with E-state index in [0.29, 0.717) is 0 Å². The van der Waals surface area contributed by atoms with Gasteiger partial charge in [-0.3, -0.25) is 4.79 Å². The number of ether oxygens (including phenoxy) is 1. The molecule has 0 amide bonds. The van der Waals surface area contributed by atoms with Gasteiger partial charge < -0.3 is 10.1 Å². The SMILES string of the molecule is COc1nccnc1C(=O)C1(C(F)(F)F)CCNC1. The summed E-state index contributed by atoms with van der Waals surface area (Å²) in [6, 6.07) is 0. The van der Waals surface area contributed by atoms with Gasteiger partial charge in [0.2, 0.25) is 11.7 Å². The molecule has 0 spiro atoms. The number of hydrogen-bond donors (Lipinski definition) is 1. The molecule has 1 N–H and O–H groups in total. The van der Waals surface area contributed by atoms with Crippen molar-refractivity contribution in [2.24, 2.45) is 5.41 Å². The number of ketones is 1. The van der Waals surface area contributed by atoms with Crippen molar-refractivity contribution in [2.45, 2.75) is 12.6 Å². The molecule has 104 valence electrons. The zero-order valence-electron chi connectivity index (χ0n) is 10.1. The van der Waals surface area contributed by atoms with Crippen molar-refractivity contribution in [2.75, 3.05) is 20.2 Å². The van der Waals surface area contributed by atoms with E-state index in [-0.39, 0.29) is 24.5 Å². The van der Waals surface area contributed by atoms with Crippen LogP contribution < -0.4 is 10.1 Å². The molecule has 1 aliphatic heterocycles. The predicted molar refractivity (Wildman–Crippen MR) is 58.9 cm³/mol. The number of alkyl halides is 3. The lowest BCUT2D eigenvalue weighted by Gasteiger charge is -2.28. The zero-order chi connectivity index (χ0) is 14.1. The predicted octanol–water partition coefficient (Wildman–Crippen LogP) is 1.21. The molecule has 5 nitrogen and oxygen atoms in total. The molecule has 8 heteroatoms. The van der Waals surface area contributed by atoms with E-state index in [1.54, 1.807) is 0 Å². The average molecular weight is 275 g/mol. The number of carbonyl (C=O) groups excluding carboxylic acids is 1. The second-order valence-corrected chi connectivity index (χ2v) is 4.25. The van der Waals surface area contributed by atoms with E-state index >= 15 is 0 Å². The van der Waals surface area contributed by atoms with Crippen LogP contribution in [0, 0.1) is 5.41 Å². The van der Waals surface area contributed by atoms with E-state index in [9.17, 15) is 18.0 Å². The molecule has 2 heterocycles. The summed E-state index contributed by atoms with van der Waals surface area (Å²) in [5.74, 6) is -1.29. The highest BCUT2D eigenvalue weighted by molar-refractivity contribution is 6.01. The Labute approximate surface area is 107 Å². The molecule has 2 rings (SSSR count). The molecule has 19 heavy (non-hydrogen) atoms. The standard InChI is InChI=1S/C11H12F3N3O2/c1-19-9-7(16-4-5-17-9)8(18)10(11(12,13)14)2-3-15-6-10/h4-5,15H,2-3,6H2,1H3. The summed E-state index contributed by atoms with van der Waals surface area (Å²) in [6.45, 7) is -0.317. The fraction of sp³-hybridized carbons (Fsp3) is 0.545. The largest absolute Gasteiger partial charge is 0.479 e. The van der Waals surface area contributed by atoms with Crippen molar-refractivity contribution in [3.05, 3.63) is 18.1 Å². The number of nitrogens with one attached hydrogen (secondary N) is 1. The van der Waals surface area contributed by atoms with Crippen LogP contribution in [0.4, 0.5) is 13.2 Å². The molecule has 0 aromatic carbocycles. The molecular weight excluding hydrogens is 263 g/mol. The van der Waals surface area contributed by atoms with E-state index in [1.165, 1.54) is 19.5 Å². The molecule has 1 aromatic heterocycles. The van der Waals surface area contributed by atoms with Crippen LogP contribution in [0.25, 0.3) is 0 Å². The highest BCUT2D eigenvalue weighted by Gasteiger charge is 2.62. The Hall–Kier alpha value is -1.70. The first-order valence-electron chi connectivity index (χ1n) is 5.59. The number of hydrogen-bond acceptors (Lipinski definition) is 5. The topological polar surface area (TPSA) is 64.1 Å². The highest BCUT2D eigenvalue weighted by Crippen LogP contribution is 2.45. The fourth-order valence-electron chi connectivity index (χ4n) is 2.11. The van der Waals surface area contributed by atoms with Crippen molar-refractivity contribution >= 4 is 5.78 Å². The number of rotatable bonds is 3. The van der Waals surface area contributed by atoms with E-state index in [4.69, 9.17) is 4.74 Å². The molecule has 1 fully saturated rings. The van der Waals surface area contributed by atoms with Crippen LogP contribution >= 0.6 is 0 Å². The van der Waals surface area contributed by atoms with Crippen molar-refractivity contribution in [1.29, 1.82) is 0 Å². The molecule has 0 saturated carbocycles. The fourth-order valence-corrected chi connectivity index (χ4v) is 2.11. The van der Waals surface area contributed by atoms with Gasteiger partial charge in [-0.2, -0.15) is 13.2 Å². The van der Waals surface area contributed by atoms with E-state index < -0.39 is 23.9 Å². The lowest BCUT2D eigenvalue weighted by molar-refractivity contribution is -0.197. The van der Waals surface area contributed by atoms with Crippen molar-refractivity contribution in [1.82, 2.24) is 15.3 Å². The van der Waals surface area contributed by atoms with Gasteiger partial charge in [0.15, 0.2) is 5.69 Å². The zero-order valence-corrected chi connectivity index (χ0v) is 10.1. The van der Waals surface area contributed by atoms with E-state index in [0.717, 1.165) is 0 Å². The molecule has 1 unspecified atom stereocenters. The van der Waals surface area contributed by atoms with Crippen LogP contribution in [0.5, 0.6) is 5.88 Å². The van der Waals surface area contributed by atoms with Gasteiger partial charge in [0.05, 0.1) is 7.11 Å². The summed E-state index contributed by atoms with van der Waals surface area (Å²) in [5, 5.41) is 2.58. The smallest absolute Gasteiger partial charge is 0.403 e. The van der Waals surface area contributed by atoms with Gasteiger partial charge in [-0.25, -0.2) is 9.97 Å². The normalized spacial score (nSPS) is 23.4. The number of methoxy groups -OCH3 is 1. The van der Waals surface area contributed by atoms with Gasteiger partial charge in [0.25, 0.3) is 0 Å². The molecule has 1 atom stereocenters. The van der Waals surface area contributed by atoms with Gasteiger partial charge in [0.1, 0.15) is 5.41 Å². The number of aromatic nitrogens is 2. The molecule has 0 radical (unpaired) electrons. The molecule has 1 aliphatic rings.